The minimum Gasteiger partial charge on any atom is -0.378 e. The Morgan fingerprint density at radius 2 is 2.20 bits per heavy atom. The molecule has 20 heavy (non-hydrogen) atoms. The van der Waals surface area contributed by atoms with Gasteiger partial charge < -0.3 is 15.0 Å². The number of urea groups is 1. The Balaban J connectivity index is 2.01. The van der Waals surface area contributed by atoms with Crippen LogP contribution in [0.4, 0.5) is 4.79 Å². The normalized spacial score (nSPS) is 17.1. The summed E-state index contributed by atoms with van der Waals surface area (Å²) in [4.78, 5) is 18.3. The third-order valence-electron chi connectivity index (χ3n) is 3.39. The number of amides is 2. The molecule has 0 aromatic carbocycles. The quantitative estimate of drug-likeness (QED) is 0.918. The summed E-state index contributed by atoms with van der Waals surface area (Å²) in [5, 5.41) is 3.13. The topological polar surface area (TPSA) is 54.5 Å². The molecule has 1 aromatic rings. The van der Waals surface area contributed by atoms with Crippen LogP contribution >= 0.6 is 0 Å². The second-order valence-corrected chi connectivity index (χ2v) is 5.52. The molecule has 2 rings (SSSR count). The van der Waals surface area contributed by atoms with E-state index in [4.69, 9.17) is 4.74 Å². The Labute approximate surface area is 120 Å². The zero-order chi connectivity index (χ0) is 14.4. The molecule has 0 aliphatic carbocycles. The van der Waals surface area contributed by atoms with Crippen molar-refractivity contribution in [3.63, 3.8) is 0 Å². The van der Waals surface area contributed by atoms with Crippen molar-refractivity contribution in [2.75, 3.05) is 26.3 Å². The van der Waals surface area contributed by atoms with Crippen molar-refractivity contribution in [1.82, 2.24) is 15.2 Å². The second kappa shape index (κ2) is 7.24. The average molecular weight is 277 g/mol. The molecule has 0 bridgehead atoms. The van der Waals surface area contributed by atoms with E-state index in [-0.39, 0.29) is 12.1 Å². The van der Waals surface area contributed by atoms with E-state index in [0.717, 1.165) is 12.0 Å². The number of nitrogens with zero attached hydrogens (tertiary/aromatic N) is 2. The van der Waals surface area contributed by atoms with Gasteiger partial charge in [0.25, 0.3) is 0 Å². The minimum absolute atomic E-state index is 0.0113. The first-order chi connectivity index (χ1) is 9.66. The van der Waals surface area contributed by atoms with Gasteiger partial charge in [-0.25, -0.2) is 4.79 Å². The van der Waals surface area contributed by atoms with Crippen LogP contribution in [0, 0.1) is 5.92 Å². The molecule has 5 heteroatoms. The fourth-order valence-electron chi connectivity index (χ4n) is 2.34. The maximum Gasteiger partial charge on any atom is 0.318 e. The molecule has 1 fully saturated rings. The average Bonchev–Trinajstić information content (AvgIpc) is 2.48. The maximum atomic E-state index is 12.3. The van der Waals surface area contributed by atoms with Crippen molar-refractivity contribution in [2.24, 2.45) is 5.92 Å². The van der Waals surface area contributed by atoms with Crippen molar-refractivity contribution < 1.29 is 9.53 Å². The SMILES string of the molecule is CC(C)C[C@@H](NC(=O)N1CCOCC1)c1cccnc1. The highest BCUT2D eigenvalue weighted by molar-refractivity contribution is 5.74. The van der Waals surface area contributed by atoms with Crippen LogP contribution in [-0.4, -0.2) is 42.2 Å². The smallest absolute Gasteiger partial charge is 0.318 e. The summed E-state index contributed by atoms with van der Waals surface area (Å²) in [7, 11) is 0. The van der Waals surface area contributed by atoms with Gasteiger partial charge in [-0.2, -0.15) is 0 Å². The number of carbonyl (C=O) groups is 1. The number of carbonyl (C=O) groups excluding carboxylic acids is 1. The molecular weight excluding hydrogens is 254 g/mol. The number of rotatable bonds is 4. The zero-order valence-corrected chi connectivity index (χ0v) is 12.2. The fraction of sp³-hybridized carbons (Fsp3) is 0.600. The van der Waals surface area contributed by atoms with Gasteiger partial charge in [0.2, 0.25) is 0 Å². The van der Waals surface area contributed by atoms with Crippen LogP contribution in [0.25, 0.3) is 0 Å². The van der Waals surface area contributed by atoms with Gasteiger partial charge in [0.05, 0.1) is 19.3 Å². The highest BCUT2D eigenvalue weighted by Crippen LogP contribution is 2.20. The van der Waals surface area contributed by atoms with Crippen molar-refractivity contribution in [3.8, 4) is 0 Å². The van der Waals surface area contributed by atoms with Crippen LogP contribution in [0.2, 0.25) is 0 Å². The summed E-state index contributed by atoms with van der Waals surface area (Å²) >= 11 is 0. The predicted molar refractivity (Wildman–Crippen MR) is 77.4 cm³/mol. The first-order valence-electron chi connectivity index (χ1n) is 7.20. The number of ether oxygens (including phenoxy) is 1. The third-order valence-corrected chi connectivity index (χ3v) is 3.39. The number of pyridine rings is 1. The minimum atomic E-state index is -0.0113. The van der Waals surface area contributed by atoms with Gasteiger partial charge in [0.15, 0.2) is 0 Å². The fourth-order valence-corrected chi connectivity index (χ4v) is 2.34. The number of morpholine rings is 1. The summed E-state index contributed by atoms with van der Waals surface area (Å²) in [5.41, 5.74) is 1.06. The van der Waals surface area contributed by atoms with E-state index in [9.17, 15) is 4.79 Å². The van der Waals surface area contributed by atoms with E-state index >= 15 is 0 Å². The molecule has 110 valence electrons. The largest absolute Gasteiger partial charge is 0.378 e. The van der Waals surface area contributed by atoms with E-state index in [0.29, 0.717) is 32.2 Å². The van der Waals surface area contributed by atoms with Crippen molar-refractivity contribution in [2.45, 2.75) is 26.3 Å². The van der Waals surface area contributed by atoms with E-state index in [1.165, 1.54) is 0 Å². The summed E-state index contributed by atoms with van der Waals surface area (Å²) in [6.45, 7) is 6.87. The Morgan fingerprint density at radius 1 is 1.45 bits per heavy atom. The van der Waals surface area contributed by atoms with Crippen molar-refractivity contribution >= 4 is 6.03 Å². The van der Waals surface area contributed by atoms with Crippen LogP contribution in [0.15, 0.2) is 24.5 Å². The van der Waals surface area contributed by atoms with Crippen LogP contribution in [0.5, 0.6) is 0 Å². The summed E-state index contributed by atoms with van der Waals surface area (Å²) in [5.74, 6) is 0.505. The predicted octanol–water partition coefficient (Wildman–Crippen LogP) is 2.21. The Kier molecular flexibility index (Phi) is 5.35. The van der Waals surface area contributed by atoms with Gasteiger partial charge in [0, 0.05) is 25.5 Å². The number of nitrogens with one attached hydrogen (secondary N) is 1. The van der Waals surface area contributed by atoms with Crippen LogP contribution in [0.3, 0.4) is 0 Å². The third kappa shape index (κ3) is 4.20. The molecule has 2 amide bonds. The van der Waals surface area contributed by atoms with E-state index in [2.05, 4.69) is 24.1 Å². The second-order valence-electron chi connectivity index (χ2n) is 5.52. The van der Waals surface area contributed by atoms with Crippen LogP contribution in [-0.2, 0) is 4.74 Å². The van der Waals surface area contributed by atoms with E-state index < -0.39 is 0 Å². The van der Waals surface area contributed by atoms with Crippen LogP contribution < -0.4 is 5.32 Å². The van der Waals surface area contributed by atoms with Gasteiger partial charge >= 0.3 is 6.03 Å². The molecule has 0 spiro atoms. The molecule has 1 N–H and O–H groups in total. The maximum absolute atomic E-state index is 12.3. The number of aromatic nitrogens is 1. The monoisotopic (exact) mass is 277 g/mol. The molecule has 1 aliphatic heterocycles. The molecule has 1 atom stereocenters. The first kappa shape index (κ1) is 14.8. The van der Waals surface area contributed by atoms with Gasteiger partial charge in [-0.1, -0.05) is 19.9 Å². The number of hydrogen-bond acceptors (Lipinski definition) is 3. The molecule has 5 nitrogen and oxygen atoms in total. The zero-order valence-electron chi connectivity index (χ0n) is 12.2. The summed E-state index contributed by atoms with van der Waals surface area (Å²) < 4.78 is 5.27. The lowest BCUT2D eigenvalue weighted by molar-refractivity contribution is 0.0523. The molecule has 1 aromatic heterocycles. The standard InChI is InChI=1S/C15H23N3O2/c1-12(2)10-14(13-4-3-5-16-11-13)17-15(19)18-6-8-20-9-7-18/h3-5,11-12,14H,6-10H2,1-2H3,(H,17,19)/t14-/m1/s1. The molecular formula is C15H23N3O2. The Morgan fingerprint density at radius 3 is 2.80 bits per heavy atom. The highest BCUT2D eigenvalue weighted by atomic mass is 16.5. The van der Waals surface area contributed by atoms with E-state index in [1.54, 1.807) is 6.20 Å². The lowest BCUT2D eigenvalue weighted by Crippen LogP contribution is -2.47. The Hall–Kier alpha value is -1.62. The summed E-state index contributed by atoms with van der Waals surface area (Å²) in [6, 6.07) is 3.92. The molecule has 0 unspecified atom stereocenters. The molecule has 1 saturated heterocycles. The molecule has 2 heterocycles. The van der Waals surface area contributed by atoms with Crippen molar-refractivity contribution in [1.29, 1.82) is 0 Å². The Bertz CT molecular complexity index is 416. The van der Waals surface area contributed by atoms with Gasteiger partial charge in [-0.15, -0.1) is 0 Å². The van der Waals surface area contributed by atoms with E-state index in [1.807, 2.05) is 23.2 Å². The van der Waals surface area contributed by atoms with Gasteiger partial charge in [-0.05, 0) is 24.0 Å². The van der Waals surface area contributed by atoms with Gasteiger partial charge in [-0.3, -0.25) is 4.98 Å². The number of hydrogen-bond donors (Lipinski definition) is 1. The highest BCUT2D eigenvalue weighted by Gasteiger charge is 2.21. The lowest BCUT2D eigenvalue weighted by Gasteiger charge is -2.30. The van der Waals surface area contributed by atoms with Gasteiger partial charge in [0.1, 0.15) is 0 Å². The molecule has 0 radical (unpaired) electrons. The molecule has 0 saturated carbocycles. The summed E-state index contributed by atoms with van der Waals surface area (Å²) in [6.07, 6.45) is 4.48. The van der Waals surface area contributed by atoms with Crippen molar-refractivity contribution in [3.05, 3.63) is 30.1 Å². The molecule has 1 aliphatic rings. The van der Waals surface area contributed by atoms with Crippen LogP contribution in [0.1, 0.15) is 31.9 Å². The lowest BCUT2D eigenvalue weighted by atomic mass is 9.98. The first-order valence-corrected chi connectivity index (χ1v) is 7.20.